The van der Waals surface area contributed by atoms with Crippen LogP contribution in [0.2, 0.25) is 13.1 Å². The van der Waals surface area contributed by atoms with E-state index in [2.05, 4.69) is 15.6 Å². The number of nitrogens with zero attached hydrogens (tertiary/aromatic N) is 2. The fourth-order valence-electron chi connectivity index (χ4n) is 1.91. The summed E-state index contributed by atoms with van der Waals surface area (Å²) in [5.74, 6) is 0. The SMILES string of the molecule is CB(O)CCCCn1cnc2ccccc21. The second kappa shape index (κ2) is 5.17. The molecule has 1 heterocycles. The normalized spacial score (nSPS) is 10.9. The highest BCUT2D eigenvalue weighted by Crippen LogP contribution is 2.13. The molecule has 0 amide bonds. The van der Waals surface area contributed by atoms with Crippen LogP contribution >= 0.6 is 0 Å². The molecule has 0 saturated carbocycles. The third-order valence-corrected chi connectivity index (χ3v) is 2.80. The van der Waals surface area contributed by atoms with Crippen molar-refractivity contribution in [3.8, 4) is 0 Å². The van der Waals surface area contributed by atoms with E-state index in [9.17, 15) is 0 Å². The highest BCUT2D eigenvalue weighted by molar-refractivity contribution is 6.48. The third kappa shape index (κ3) is 2.64. The Balaban J connectivity index is 1.94. The van der Waals surface area contributed by atoms with Gasteiger partial charge in [0, 0.05) is 6.54 Å². The average Bonchev–Trinajstić information content (AvgIpc) is 2.68. The maximum Gasteiger partial charge on any atom is 0.285 e. The van der Waals surface area contributed by atoms with E-state index in [1.807, 2.05) is 31.3 Å². The molecule has 0 saturated heterocycles. The first kappa shape index (κ1) is 11.2. The summed E-state index contributed by atoms with van der Waals surface area (Å²) in [7, 11) is 0. The minimum Gasteiger partial charge on any atom is -0.451 e. The van der Waals surface area contributed by atoms with E-state index in [-0.39, 0.29) is 6.92 Å². The number of aryl methyl sites for hydroxylation is 1. The summed E-state index contributed by atoms with van der Waals surface area (Å²) >= 11 is 0. The molecule has 0 atom stereocenters. The molecule has 3 nitrogen and oxygen atoms in total. The lowest BCUT2D eigenvalue weighted by atomic mass is 9.67. The van der Waals surface area contributed by atoms with Gasteiger partial charge in [-0.05, 0) is 24.9 Å². The average molecular weight is 216 g/mol. The number of aromatic nitrogens is 2. The van der Waals surface area contributed by atoms with Crippen LogP contribution in [0.4, 0.5) is 0 Å². The van der Waals surface area contributed by atoms with Crippen LogP contribution in [0.1, 0.15) is 12.8 Å². The van der Waals surface area contributed by atoms with Gasteiger partial charge in [0.15, 0.2) is 0 Å². The number of para-hydroxylation sites is 2. The van der Waals surface area contributed by atoms with Gasteiger partial charge < -0.3 is 9.59 Å². The zero-order valence-electron chi connectivity index (χ0n) is 9.63. The number of hydrogen-bond acceptors (Lipinski definition) is 2. The highest BCUT2D eigenvalue weighted by Gasteiger charge is 2.03. The molecule has 0 aliphatic carbocycles. The molecule has 1 aromatic heterocycles. The molecule has 0 bridgehead atoms. The second-order valence-electron chi connectivity index (χ2n) is 4.27. The molecule has 0 aliphatic heterocycles. The number of rotatable bonds is 5. The van der Waals surface area contributed by atoms with Gasteiger partial charge in [0.2, 0.25) is 0 Å². The minimum absolute atomic E-state index is 0.181. The number of benzene rings is 1. The van der Waals surface area contributed by atoms with E-state index < -0.39 is 0 Å². The zero-order valence-corrected chi connectivity index (χ0v) is 9.63. The van der Waals surface area contributed by atoms with Crippen LogP contribution in [-0.2, 0) is 6.54 Å². The van der Waals surface area contributed by atoms with Crippen molar-refractivity contribution in [2.75, 3.05) is 0 Å². The van der Waals surface area contributed by atoms with E-state index in [4.69, 9.17) is 5.02 Å². The molecule has 1 aromatic carbocycles. The second-order valence-corrected chi connectivity index (χ2v) is 4.27. The maximum atomic E-state index is 9.16. The Kier molecular flexibility index (Phi) is 3.62. The van der Waals surface area contributed by atoms with Crippen molar-refractivity contribution in [1.29, 1.82) is 0 Å². The van der Waals surface area contributed by atoms with Crippen molar-refractivity contribution in [2.45, 2.75) is 32.5 Å². The molecular weight excluding hydrogens is 199 g/mol. The van der Waals surface area contributed by atoms with Crippen LogP contribution in [0.25, 0.3) is 11.0 Å². The molecule has 2 aromatic rings. The van der Waals surface area contributed by atoms with E-state index in [0.29, 0.717) is 0 Å². The largest absolute Gasteiger partial charge is 0.451 e. The first-order valence-electron chi connectivity index (χ1n) is 5.85. The Morgan fingerprint density at radius 1 is 1.31 bits per heavy atom. The van der Waals surface area contributed by atoms with E-state index in [0.717, 1.165) is 31.2 Å². The molecule has 1 N–H and O–H groups in total. The molecule has 2 rings (SSSR count). The van der Waals surface area contributed by atoms with Gasteiger partial charge in [-0.15, -0.1) is 0 Å². The zero-order chi connectivity index (χ0) is 11.4. The van der Waals surface area contributed by atoms with Gasteiger partial charge in [-0.1, -0.05) is 25.4 Å². The van der Waals surface area contributed by atoms with Gasteiger partial charge >= 0.3 is 0 Å². The van der Waals surface area contributed by atoms with Gasteiger partial charge in [0.1, 0.15) is 0 Å². The van der Waals surface area contributed by atoms with Crippen molar-refractivity contribution in [3.05, 3.63) is 30.6 Å². The Morgan fingerprint density at radius 2 is 2.12 bits per heavy atom. The molecule has 0 spiro atoms. The van der Waals surface area contributed by atoms with Gasteiger partial charge in [0.05, 0.1) is 17.4 Å². The van der Waals surface area contributed by atoms with E-state index >= 15 is 0 Å². The summed E-state index contributed by atoms with van der Waals surface area (Å²) in [4.78, 5) is 4.35. The smallest absolute Gasteiger partial charge is 0.285 e. The van der Waals surface area contributed by atoms with Gasteiger partial charge in [-0.3, -0.25) is 0 Å². The molecule has 84 valence electrons. The first-order valence-corrected chi connectivity index (χ1v) is 5.85. The maximum absolute atomic E-state index is 9.16. The molecule has 0 aliphatic rings. The van der Waals surface area contributed by atoms with Gasteiger partial charge in [0.25, 0.3) is 6.92 Å². The van der Waals surface area contributed by atoms with Crippen LogP contribution < -0.4 is 0 Å². The van der Waals surface area contributed by atoms with Gasteiger partial charge in [-0.2, -0.15) is 0 Å². The van der Waals surface area contributed by atoms with E-state index in [1.165, 1.54) is 5.52 Å². The fraction of sp³-hybridized carbons (Fsp3) is 0.417. The Morgan fingerprint density at radius 3 is 2.94 bits per heavy atom. The lowest BCUT2D eigenvalue weighted by Crippen LogP contribution is -2.05. The van der Waals surface area contributed by atoms with Crippen molar-refractivity contribution < 1.29 is 5.02 Å². The standard InChI is InChI=1S/C12H17BN2O/c1-13(16)8-4-5-9-15-10-14-11-6-2-3-7-12(11)15/h2-3,6-7,10,16H,4-5,8-9H2,1H3. The van der Waals surface area contributed by atoms with Crippen LogP contribution in [0.15, 0.2) is 30.6 Å². The molecule has 16 heavy (non-hydrogen) atoms. The van der Waals surface area contributed by atoms with Crippen LogP contribution in [0.5, 0.6) is 0 Å². The molecule has 0 fully saturated rings. The fourth-order valence-corrected chi connectivity index (χ4v) is 1.91. The topological polar surface area (TPSA) is 38.0 Å². The summed E-state index contributed by atoms with van der Waals surface area (Å²) in [6, 6.07) is 8.17. The summed E-state index contributed by atoms with van der Waals surface area (Å²) in [6.07, 6.45) is 4.93. The minimum atomic E-state index is -0.181. The lowest BCUT2D eigenvalue weighted by molar-refractivity contribution is 0.561. The van der Waals surface area contributed by atoms with Crippen LogP contribution in [0, 0.1) is 0 Å². The summed E-state index contributed by atoms with van der Waals surface area (Å²) in [5.41, 5.74) is 2.25. The molecule has 0 unspecified atom stereocenters. The summed E-state index contributed by atoms with van der Waals surface area (Å²) in [5, 5.41) is 9.16. The van der Waals surface area contributed by atoms with E-state index in [1.54, 1.807) is 0 Å². The van der Waals surface area contributed by atoms with Crippen molar-refractivity contribution in [3.63, 3.8) is 0 Å². The van der Waals surface area contributed by atoms with Crippen LogP contribution in [-0.4, -0.2) is 21.5 Å². The first-order chi connectivity index (χ1) is 7.77. The third-order valence-electron chi connectivity index (χ3n) is 2.80. The Bertz CT molecular complexity index is 453. The summed E-state index contributed by atoms with van der Waals surface area (Å²) < 4.78 is 2.18. The number of hydrogen-bond donors (Lipinski definition) is 1. The number of fused-ring (bicyclic) bond motifs is 1. The van der Waals surface area contributed by atoms with Crippen molar-refractivity contribution in [2.24, 2.45) is 0 Å². The van der Waals surface area contributed by atoms with Crippen molar-refractivity contribution in [1.82, 2.24) is 9.55 Å². The number of unbranched alkanes of at least 4 members (excludes halogenated alkanes) is 1. The lowest BCUT2D eigenvalue weighted by Gasteiger charge is -2.04. The number of imidazole rings is 1. The van der Waals surface area contributed by atoms with Crippen molar-refractivity contribution >= 4 is 17.9 Å². The molecular formula is C12H17BN2O. The highest BCUT2D eigenvalue weighted by atomic mass is 16.2. The quantitative estimate of drug-likeness (QED) is 0.615. The Hall–Kier alpha value is -1.29. The molecule has 0 radical (unpaired) electrons. The monoisotopic (exact) mass is 216 g/mol. The predicted octanol–water partition coefficient (Wildman–Crippen LogP) is 2.43. The van der Waals surface area contributed by atoms with Gasteiger partial charge in [-0.25, -0.2) is 4.98 Å². The molecule has 4 heteroatoms. The Labute approximate surface area is 96.2 Å². The van der Waals surface area contributed by atoms with Crippen LogP contribution in [0.3, 0.4) is 0 Å². The predicted molar refractivity (Wildman–Crippen MR) is 67.6 cm³/mol. The summed E-state index contributed by atoms with van der Waals surface area (Å²) in [6.45, 7) is 2.64.